The molecule has 0 unspecified atom stereocenters. The van der Waals surface area contributed by atoms with Crippen molar-refractivity contribution in [2.24, 2.45) is 0 Å². The molecule has 1 saturated heterocycles. The maximum absolute atomic E-state index is 14.0. The van der Waals surface area contributed by atoms with E-state index in [4.69, 9.17) is 0 Å². The molecule has 2 N–H and O–H groups in total. The topological polar surface area (TPSA) is 64.3 Å². The highest BCUT2D eigenvalue weighted by Crippen LogP contribution is 2.31. The molecule has 30 heavy (non-hydrogen) atoms. The van der Waals surface area contributed by atoms with E-state index in [2.05, 4.69) is 39.2 Å². The van der Waals surface area contributed by atoms with Crippen LogP contribution in [-0.4, -0.2) is 47.6 Å². The van der Waals surface area contributed by atoms with Crippen LogP contribution in [0.2, 0.25) is 0 Å². The van der Waals surface area contributed by atoms with Crippen LogP contribution in [0.5, 0.6) is 0 Å². The van der Waals surface area contributed by atoms with Gasteiger partial charge in [0.25, 0.3) is 5.56 Å². The van der Waals surface area contributed by atoms with E-state index in [1.165, 1.54) is 17.2 Å². The first-order valence-corrected chi connectivity index (χ1v) is 10.6. The highest BCUT2D eigenvalue weighted by molar-refractivity contribution is 5.96. The van der Waals surface area contributed by atoms with Crippen LogP contribution in [0.1, 0.15) is 23.1 Å². The molecule has 0 radical (unpaired) electrons. The van der Waals surface area contributed by atoms with Gasteiger partial charge < -0.3 is 15.2 Å². The van der Waals surface area contributed by atoms with Crippen molar-refractivity contribution in [3.05, 3.63) is 63.3 Å². The molecule has 7 heteroatoms. The Hall–Kier alpha value is -2.93. The van der Waals surface area contributed by atoms with Crippen LogP contribution in [-0.2, 0) is 13.0 Å². The fraction of sp³-hybridized carbons (Fsp3) is 0.391. The number of hydrogen-bond donors (Lipinski definition) is 2. The van der Waals surface area contributed by atoms with Crippen molar-refractivity contribution in [1.82, 2.24) is 14.9 Å². The summed E-state index contributed by atoms with van der Waals surface area (Å²) in [4.78, 5) is 24.2. The van der Waals surface area contributed by atoms with Gasteiger partial charge in [0, 0.05) is 56.4 Å². The summed E-state index contributed by atoms with van der Waals surface area (Å²) in [5.74, 6) is 0.172. The van der Waals surface area contributed by atoms with Gasteiger partial charge in [-0.1, -0.05) is 6.07 Å². The molecule has 0 amide bonds. The summed E-state index contributed by atoms with van der Waals surface area (Å²) in [5, 5.41) is 4.57. The molecule has 0 bridgehead atoms. The summed E-state index contributed by atoms with van der Waals surface area (Å²) in [6.45, 7) is 7.01. The SMILES string of the molecule is Cc1cc(CN2CCN(c3ncccc3F)CC2)cc2[nH]c(=O)c3c(c12)NCCC3. The number of aromatic amines is 1. The lowest BCUT2D eigenvalue weighted by Gasteiger charge is -2.35. The highest BCUT2D eigenvalue weighted by Gasteiger charge is 2.22. The van der Waals surface area contributed by atoms with Crippen LogP contribution >= 0.6 is 0 Å². The molecule has 3 aromatic rings. The Kier molecular flexibility index (Phi) is 4.90. The summed E-state index contributed by atoms with van der Waals surface area (Å²) in [6, 6.07) is 7.40. The maximum Gasteiger partial charge on any atom is 0.253 e. The molecule has 156 valence electrons. The lowest BCUT2D eigenvalue weighted by atomic mass is 9.97. The molecule has 2 aliphatic rings. The predicted molar refractivity (Wildman–Crippen MR) is 118 cm³/mol. The van der Waals surface area contributed by atoms with Gasteiger partial charge in [-0.25, -0.2) is 9.37 Å². The van der Waals surface area contributed by atoms with Crippen LogP contribution in [0, 0.1) is 12.7 Å². The maximum atomic E-state index is 14.0. The van der Waals surface area contributed by atoms with E-state index in [1.54, 1.807) is 12.3 Å². The Bertz CT molecular complexity index is 1150. The zero-order chi connectivity index (χ0) is 20.7. The minimum Gasteiger partial charge on any atom is -0.384 e. The number of piperazine rings is 1. The number of fused-ring (bicyclic) bond motifs is 3. The Balaban J connectivity index is 1.35. The van der Waals surface area contributed by atoms with Crippen molar-refractivity contribution in [2.75, 3.05) is 42.9 Å². The Morgan fingerprint density at radius 3 is 2.83 bits per heavy atom. The summed E-state index contributed by atoms with van der Waals surface area (Å²) in [6.07, 6.45) is 3.46. The standard InChI is InChI=1S/C23H26FN5O/c1-15-12-16(13-19-20(15)21-17(23(30)27-19)4-2-6-25-21)14-28-8-10-29(11-9-28)22-18(24)5-3-7-26-22/h3,5,7,12-13,25H,2,4,6,8-11,14H2,1H3,(H,27,30). The van der Waals surface area contributed by atoms with Crippen LogP contribution in [0.3, 0.4) is 0 Å². The second kappa shape index (κ2) is 7.72. The van der Waals surface area contributed by atoms with Crippen molar-refractivity contribution >= 4 is 22.4 Å². The van der Waals surface area contributed by atoms with E-state index >= 15 is 0 Å². The molecule has 1 aromatic carbocycles. The Labute approximate surface area is 174 Å². The third-order valence-electron chi connectivity index (χ3n) is 6.19. The van der Waals surface area contributed by atoms with Gasteiger partial charge in [0.1, 0.15) is 0 Å². The van der Waals surface area contributed by atoms with Crippen LogP contribution < -0.4 is 15.8 Å². The zero-order valence-electron chi connectivity index (χ0n) is 17.2. The summed E-state index contributed by atoms with van der Waals surface area (Å²) >= 11 is 0. The number of benzene rings is 1. The monoisotopic (exact) mass is 407 g/mol. The van der Waals surface area contributed by atoms with Crippen LogP contribution in [0.25, 0.3) is 10.9 Å². The number of rotatable bonds is 3. The van der Waals surface area contributed by atoms with E-state index in [-0.39, 0.29) is 11.4 Å². The third-order valence-corrected chi connectivity index (χ3v) is 6.19. The number of aryl methyl sites for hydroxylation is 1. The first-order valence-electron chi connectivity index (χ1n) is 10.6. The summed E-state index contributed by atoms with van der Waals surface area (Å²) < 4.78 is 14.0. The molecular formula is C23H26FN5O. The lowest BCUT2D eigenvalue weighted by molar-refractivity contribution is 0.248. The third kappa shape index (κ3) is 3.43. The molecule has 0 saturated carbocycles. The van der Waals surface area contributed by atoms with Crippen molar-refractivity contribution in [3.63, 3.8) is 0 Å². The largest absolute Gasteiger partial charge is 0.384 e. The number of pyridine rings is 2. The molecule has 0 aliphatic carbocycles. The van der Waals surface area contributed by atoms with Gasteiger partial charge in [-0.15, -0.1) is 0 Å². The molecule has 2 aliphatic heterocycles. The first kappa shape index (κ1) is 19.1. The van der Waals surface area contributed by atoms with Crippen molar-refractivity contribution < 1.29 is 4.39 Å². The van der Waals surface area contributed by atoms with E-state index in [0.29, 0.717) is 5.82 Å². The molecule has 4 heterocycles. The smallest absolute Gasteiger partial charge is 0.253 e. The fourth-order valence-electron chi connectivity index (χ4n) is 4.74. The van der Waals surface area contributed by atoms with Gasteiger partial charge in [-0.05, 0) is 49.1 Å². The van der Waals surface area contributed by atoms with Crippen molar-refractivity contribution in [2.45, 2.75) is 26.3 Å². The van der Waals surface area contributed by atoms with Gasteiger partial charge in [0.05, 0.1) is 11.2 Å². The van der Waals surface area contributed by atoms with Crippen molar-refractivity contribution in [3.8, 4) is 0 Å². The Morgan fingerprint density at radius 1 is 1.20 bits per heavy atom. The average molecular weight is 407 g/mol. The minimum atomic E-state index is -0.267. The van der Waals surface area contributed by atoms with E-state index in [9.17, 15) is 9.18 Å². The molecule has 6 nitrogen and oxygen atoms in total. The Morgan fingerprint density at radius 2 is 2.03 bits per heavy atom. The molecule has 0 spiro atoms. The van der Waals surface area contributed by atoms with E-state index < -0.39 is 0 Å². The molecule has 2 aromatic heterocycles. The van der Waals surface area contributed by atoms with E-state index in [0.717, 1.165) is 74.3 Å². The van der Waals surface area contributed by atoms with Gasteiger partial charge in [0.15, 0.2) is 11.6 Å². The number of aromatic nitrogens is 2. The highest BCUT2D eigenvalue weighted by atomic mass is 19.1. The lowest BCUT2D eigenvalue weighted by Crippen LogP contribution is -2.46. The number of nitrogens with one attached hydrogen (secondary N) is 2. The fourth-order valence-corrected chi connectivity index (χ4v) is 4.74. The second-order valence-electron chi connectivity index (χ2n) is 8.25. The van der Waals surface area contributed by atoms with Crippen LogP contribution in [0.4, 0.5) is 15.9 Å². The van der Waals surface area contributed by atoms with Crippen molar-refractivity contribution in [1.29, 1.82) is 0 Å². The minimum absolute atomic E-state index is 0.0206. The van der Waals surface area contributed by atoms with Gasteiger partial charge in [-0.2, -0.15) is 0 Å². The van der Waals surface area contributed by atoms with Gasteiger partial charge >= 0.3 is 0 Å². The first-order chi connectivity index (χ1) is 14.6. The number of hydrogen-bond acceptors (Lipinski definition) is 5. The summed E-state index contributed by atoms with van der Waals surface area (Å²) in [5.41, 5.74) is 5.17. The zero-order valence-corrected chi connectivity index (χ0v) is 17.2. The van der Waals surface area contributed by atoms with Crippen LogP contribution in [0.15, 0.2) is 35.3 Å². The molecule has 5 rings (SSSR count). The predicted octanol–water partition coefficient (Wildman–Crippen LogP) is 3.05. The normalized spacial score (nSPS) is 17.1. The molecule has 0 atom stereocenters. The molecule has 1 fully saturated rings. The average Bonchev–Trinajstić information content (AvgIpc) is 2.75. The quantitative estimate of drug-likeness (QED) is 0.699. The van der Waals surface area contributed by atoms with E-state index in [1.807, 2.05) is 4.90 Å². The number of H-pyrrole nitrogens is 1. The summed E-state index contributed by atoms with van der Waals surface area (Å²) in [7, 11) is 0. The second-order valence-corrected chi connectivity index (χ2v) is 8.25. The number of halogens is 1. The van der Waals surface area contributed by atoms with Gasteiger partial charge in [-0.3, -0.25) is 9.69 Å². The van der Waals surface area contributed by atoms with Gasteiger partial charge in [0.2, 0.25) is 0 Å². The molecular weight excluding hydrogens is 381 g/mol. The number of anilines is 2. The number of nitrogens with zero attached hydrogens (tertiary/aromatic N) is 3.